The number of nitrogens with zero attached hydrogens (tertiary/aromatic N) is 2. The lowest BCUT2D eigenvalue weighted by Crippen LogP contribution is -2.37. The molecule has 2 N–H and O–H groups in total. The van der Waals surface area contributed by atoms with Crippen LogP contribution in [0.1, 0.15) is 18.4 Å². The van der Waals surface area contributed by atoms with Crippen LogP contribution in [0.3, 0.4) is 0 Å². The largest absolute Gasteiger partial charge is 0.371 e. The molecule has 0 bridgehead atoms. The van der Waals surface area contributed by atoms with Crippen LogP contribution in [0.15, 0.2) is 18.2 Å². The first kappa shape index (κ1) is 15.6. The van der Waals surface area contributed by atoms with Gasteiger partial charge in [0.25, 0.3) is 0 Å². The molecule has 1 heterocycles. The highest BCUT2D eigenvalue weighted by atomic mass is 35.5. The van der Waals surface area contributed by atoms with Crippen LogP contribution in [0.4, 0.5) is 5.69 Å². The predicted octanol–water partition coefficient (Wildman–Crippen LogP) is 2.62. The number of anilines is 1. The number of rotatable bonds is 5. The van der Waals surface area contributed by atoms with Crippen molar-refractivity contribution < 1.29 is 0 Å². The summed E-state index contributed by atoms with van der Waals surface area (Å²) in [5.74, 6) is 0.827. The van der Waals surface area contributed by atoms with Crippen molar-refractivity contribution in [1.82, 2.24) is 4.90 Å². The number of piperidine rings is 1. The van der Waals surface area contributed by atoms with Crippen molar-refractivity contribution in [2.24, 2.45) is 11.7 Å². The second kappa shape index (κ2) is 7.30. The van der Waals surface area contributed by atoms with Crippen molar-refractivity contribution in [2.45, 2.75) is 19.3 Å². The summed E-state index contributed by atoms with van der Waals surface area (Å²) in [6.45, 7) is 4.11. The Balaban J connectivity index is 1.95. The first-order valence-electron chi connectivity index (χ1n) is 7.48. The summed E-state index contributed by atoms with van der Waals surface area (Å²) in [5, 5.41) is 0.850. The van der Waals surface area contributed by atoms with Crippen LogP contribution in [-0.4, -0.2) is 45.2 Å². The molecule has 0 unspecified atom stereocenters. The first-order valence-corrected chi connectivity index (χ1v) is 7.86. The van der Waals surface area contributed by atoms with Gasteiger partial charge in [0.15, 0.2) is 0 Å². The number of hydrogen-bond acceptors (Lipinski definition) is 3. The normalized spacial score (nSPS) is 16.9. The van der Waals surface area contributed by atoms with Gasteiger partial charge in [0.2, 0.25) is 0 Å². The number of halogens is 1. The molecule has 3 nitrogen and oxygen atoms in total. The van der Waals surface area contributed by atoms with Gasteiger partial charge < -0.3 is 15.5 Å². The molecule has 4 heteroatoms. The molecule has 0 aliphatic carbocycles. The molecule has 1 aromatic rings. The van der Waals surface area contributed by atoms with Crippen LogP contribution in [-0.2, 0) is 6.42 Å². The van der Waals surface area contributed by atoms with E-state index in [9.17, 15) is 0 Å². The fraction of sp³-hybridized carbons (Fsp3) is 0.625. The van der Waals surface area contributed by atoms with Crippen LogP contribution >= 0.6 is 11.6 Å². The molecule has 1 aromatic carbocycles. The molecule has 1 saturated heterocycles. The fourth-order valence-corrected chi connectivity index (χ4v) is 3.25. The monoisotopic (exact) mass is 295 g/mol. The fourth-order valence-electron chi connectivity index (χ4n) is 2.98. The van der Waals surface area contributed by atoms with Crippen LogP contribution in [0.5, 0.6) is 0 Å². The van der Waals surface area contributed by atoms with E-state index in [1.165, 1.54) is 25.1 Å². The van der Waals surface area contributed by atoms with E-state index in [1.54, 1.807) is 0 Å². The topological polar surface area (TPSA) is 32.5 Å². The lowest BCUT2D eigenvalue weighted by Gasteiger charge is -2.35. The van der Waals surface area contributed by atoms with Crippen LogP contribution < -0.4 is 10.6 Å². The molecule has 1 fully saturated rings. The third kappa shape index (κ3) is 4.11. The maximum Gasteiger partial charge on any atom is 0.0459 e. The van der Waals surface area contributed by atoms with Crippen molar-refractivity contribution in [3.63, 3.8) is 0 Å². The van der Waals surface area contributed by atoms with Gasteiger partial charge in [0.1, 0.15) is 0 Å². The van der Waals surface area contributed by atoms with Gasteiger partial charge in [0.05, 0.1) is 0 Å². The Morgan fingerprint density at radius 1 is 1.30 bits per heavy atom. The molecule has 0 atom stereocenters. The molecule has 0 aromatic heterocycles. The van der Waals surface area contributed by atoms with E-state index in [0.717, 1.165) is 36.0 Å². The molecule has 0 radical (unpaired) electrons. The van der Waals surface area contributed by atoms with E-state index in [0.29, 0.717) is 6.54 Å². The second-order valence-corrected chi connectivity index (χ2v) is 6.41. The van der Waals surface area contributed by atoms with E-state index in [4.69, 9.17) is 17.3 Å². The van der Waals surface area contributed by atoms with E-state index in [-0.39, 0.29) is 0 Å². The molecule has 0 amide bonds. The highest BCUT2D eigenvalue weighted by Gasteiger charge is 2.20. The van der Waals surface area contributed by atoms with Crippen LogP contribution in [0.2, 0.25) is 5.02 Å². The van der Waals surface area contributed by atoms with Crippen molar-refractivity contribution in [1.29, 1.82) is 0 Å². The van der Waals surface area contributed by atoms with E-state index in [2.05, 4.69) is 42.1 Å². The molecule has 0 spiro atoms. The Bertz CT molecular complexity index is 426. The summed E-state index contributed by atoms with van der Waals surface area (Å²) >= 11 is 6.34. The minimum absolute atomic E-state index is 0.648. The quantitative estimate of drug-likeness (QED) is 0.906. The zero-order valence-corrected chi connectivity index (χ0v) is 13.4. The van der Waals surface area contributed by atoms with Gasteiger partial charge >= 0.3 is 0 Å². The Morgan fingerprint density at radius 3 is 2.55 bits per heavy atom. The maximum atomic E-state index is 6.34. The van der Waals surface area contributed by atoms with Crippen molar-refractivity contribution in [3.8, 4) is 0 Å². The summed E-state index contributed by atoms with van der Waals surface area (Å²) in [6, 6.07) is 6.40. The van der Waals surface area contributed by atoms with Crippen molar-refractivity contribution in [2.75, 3.05) is 45.2 Å². The van der Waals surface area contributed by atoms with E-state index >= 15 is 0 Å². The first-order chi connectivity index (χ1) is 9.60. The third-order valence-corrected chi connectivity index (χ3v) is 4.41. The SMILES string of the molecule is CN(C)CC1CCN(c2ccc(CCN)c(Cl)c2)CC1. The predicted molar refractivity (Wildman–Crippen MR) is 87.7 cm³/mol. The van der Waals surface area contributed by atoms with Crippen LogP contribution in [0, 0.1) is 5.92 Å². The molecule has 112 valence electrons. The van der Waals surface area contributed by atoms with Gasteiger partial charge in [-0.15, -0.1) is 0 Å². The molecule has 1 aliphatic heterocycles. The Kier molecular flexibility index (Phi) is 5.70. The maximum absolute atomic E-state index is 6.34. The van der Waals surface area contributed by atoms with Gasteiger partial charge in [-0.05, 0) is 63.5 Å². The summed E-state index contributed by atoms with van der Waals surface area (Å²) in [6.07, 6.45) is 3.38. The summed E-state index contributed by atoms with van der Waals surface area (Å²) in [5.41, 5.74) is 7.99. The van der Waals surface area contributed by atoms with Crippen LogP contribution in [0.25, 0.3) is 0 Å². The Hall–Kier alpha value is -0.770. The van der Waals surface area contributed by atoms with Crippen molar-refractivity contribution in [3.05, 3.63) is 28.8 Å². The van der Waals surface area contributed by atoms with Gasteiger partial charge in [-0.2, -0.15) is 0 Å². The lowest BCUT2D eigenvalue weighted by atomic mass is 9.96. The average molecular weight is 296 g/mol. The average Bonchev–Trinajstić information content (AvgIpc) is 2.41. The number of nitrogens with two attached hydrogens (primary N) is 1. The minimum atomic E-state index is 0.648. The molecular weight excluding hydrogens is 270 g/mol. The number of hydrogen-bond donors (Lipinski definition) is 1. The standard InChI is InChI=1S/C16H26ClN3/c1-19(2)12-13-6-9-20(10-7-13)15-4-3-14(5-8-18)16(17)11-15/h3-4,11,13H,5-10,12,18H2,1-2H3. The highest BCUT2D eigenvalue weighted by Crippen LogP contribution is 2.28. The summed E-state index contributed by atoms with van der Waals surface area (Å²) in [4.78, 5) is 4.74. The zero-order chi connectivity index (χ0) is 14.5. The highest BCUT2D eigenvalue weighted by molar-refractivity contribution is 6.31. The molecule has 0 saturated carbocycles. The second-order valence-electron chi connectivity index (χ2n) is 6.01. The number of benzene rings is 1. The van der Waals surface area contributed by atoms with E-state index in [1.807, 2.05) is 0 Å². The lowest BCUT2D eigenvalue weighted by molar-refractivity contribution is 0.285. The van der Waals surface area contributed by atoms with Gasteiger partial charge in [-0.25, -0.2) is 0 Å². The minimum Gasteiger partial charge on any atom is -0.371 e. The summed E-state index contributed by atoms with van der Waals surface area (Å²) in [7, 11) is 4.31. The van der Waals surface area contributed by atoms with Crippen molar-refractivity contribution >= 4 is 17.3 Å². The Morgan fingerprint density at radius 2 is 2.00 bits per heavy atom. The summed E-state index contributed by atoms with van der Waals surface area (Å²) < 4.78 is 0. The zero-order valence-electron chi connectivity index (χ0n) is 12.6. The molecule has 20 heavy (non-hydrogen) atoms. The van der Waals surface area contributed by atoms with Gasteiger partial charge in [-0.1, -0.05) is 17.7 Å². The third-order valence-electron chi connectivity index (χ3n) is 4.05. The molecule has 2 rings (SSSR count). The molecule has 1 aliphatic rings. The Labute approximate surface area is 127 Å². The molecular formula is C16H26ClN3. The van der Waals surface area contributed by atoms with Gasteiger partial charge in [-0.3, -0.25) is 0 Å². The van der Waals surface area contributed by atoms with E-state index < -0.39 is 0 Å². The van der Waals surface area contributed by atoms with Gasteiger partial charge in [0, 0.05) is 30.3 Å². The smallest absolute Gasteiger partial charge is 0.0459 e.